The van der Waals surface area contributed by atoms with Gasteiger partial charge in [-0.3, -0.25) is 22.9 Å². The van der Waals surface area contributed by atoms with Crippen molar-refractivity contribution in [2.24, 2.45) is 7.05 Å². The average molecular weight is 421 g/mol. The highest BCUT2D eigenvalue weighted by Gasteiger charge is 2.22. The number of carbonyl (C=O) groups excluding carboxylic acids is 1. The Morgan fingerprint density at radius 1 is 1.26 bits per heavy atom. The Morgan fingerprint density at radius 2 is 1.94 bits per heavy atom. The number of fused-ring (bicyclic) bond motifs is 3. The van der Waals surface area contributed by atoms with E-state index in [2.05, 4.69) is 11.6 Å². The van der Waals surface area contributed by atoms with Gasteiger partial charge in [-0.1, -0.05) is 6.08 Å². The van der Waals surface area contributed by atoms with Gasteiger partial charge in [-0.05, 0) is 45.0 Å². The zero-order valence-corrected chi connectivity index (χ0v) is 17.8. The lowest BCUT2D eigenvalue weighted by Gasteiger charge is -2.11. The summed E-state index contributed by atoms with van der Waals surface area (Å²) in [6, 6.07) is 6.48. The Labute approximate surface area is 177 Å². The Bertz CT molecular complexity index is 1450. The summed E-state index contributed by atoms with van der Waals surface area (Å²) in [5.74, 6) is 0.106. The SMILES string of the molecule is C=CC(C)n1c(=O)c2c(nc3n(-c4ccc(C(=O)OCC)cc4)c(C)cn23)n(C)c1=O. The van der Waals surface area contributed by atoms with Gasteiger partial charge in [0.25, 0.3) is 5.56 Å². The van der Waals surface area contributed by atoms with Gasteiger partial charge in [0.2, 0.25) is 5.78 Å². The lowest BCUT2D eigenvalue weighted by Crippen LogP contribution is -2.40. The lowest BCUT2D eigenvalue weighted by molar-refractivity contribution is 0.0526. The number of benzene rings is 1. The maximum absolute atomic E-state index is 13.2. The minimum atomic E-state index is -0.459. The second kappa shape index (κ2) is 7.42. The van der Waals surface area contributed by atoms with E-state index in [-0.39, 0.29) is 5.97 Å². The summed E-state index contributed by atoms with van der Waals surface area (Å²) in [6.07, 6.45) is 3.35. The molecule has 0 radical (unpaired) electrons. The molecular formula is C22H23N5O4. The van der Waals surface area contributed by atoms with Crippen molar-refractivity contribution in [3.05, 3.63) is 75.2 Å². The molecule has 0 spiro atoms. The summed E-state index contributed by atoms with van der Waals surface area (Å²) in [7, 11) is 1.59. The second-order valence-corrected chi connectivity index (χ2v) is 7.32. The van der Waals surface area contributed by atoms with Crippen LogP contribution in [0.3, 0.4) is 0 Å². The Hall–Kier alpha value is -3.88. The molecule has 0 saturated carbocycles. The molecule has 9 nitrogen and oxygen atoms in total. The number of aromatic nitrogens is 5. The van der Waals surface area contributed by atoms with Crippen LogP contribution in [0.25, 0.3) is 22.6 Å². The van der Waals surface area contributed by atoms with Crippen molar-refractivity contribution in [2.75, 3.05) is 6.61 Å². The second-order valence-electron chi connectivity index (χ2n) is 7.32. The monoisotopic (exact) mass is 421 g/mol. The summed E-state index contributed by atoms with van der Waals surface area (Å²) in [6.45, 7) is 9.39. The van der Waals surface area contributed by atoms with E-state index in [4.69, 9.17) is 4.74 Å². The van der Waals surface area contributed by atoms with Crippen LogP contribution in [0.1, 0.15) is 35.9 Å². The molecule has 4 rings (SSSR count). The highest BCUT2D eigenvalue weighted by atomic mass is 16.5. The summed E-state index contributed by atoms with van der Waals surface area (Å²) in [4.78, 5) is 42.5. The molecule has 0 saturated heterocycles. The normalized spacial score (nSPS) is 12.4. The standard InChI is InChI=1S/C22H23N5O4/c1-6-13(3)27-19(28)17-18(24(5)22(27)30)23-21-25(17)12-14(4)26(21)16-10-8-15(9-11-16)20(29)31-7-2/h6,8-13H,1,7H2,2-5H3. The van der Waals surface area contributed by atoms with E-state index in [0.29, 0.717) is 29.1 Å². The van der Waals surface area contributed by atoms with Crippen LogP contribution in [0.4, 0.5) is 0 Å². The summed E-state index contributed by atoms with van der Waals surface area (Å²) < 4.78 is 11.1. The Morgan fingerprint density at radius 3 is 2.55 bits per heavy atom. The van der Waals surface area contributed by atoms with E-state index in [1.165, 1.54) is 9.13 Å². The van der Waals surface area contributed by atoms with Crippen LogP contribution < -0.4 is 11.2 Å². The molecule has 0 amide bonds. The molecule has 0 N–H and O–H groups in total. The zero-order valence-electron chi connectivity index (χ0n) is 17.8. The van der Waals surface area contributed by atoms with Crippen LogP contribution in [0, 0.1) is 6.92 Å². The minimum absolute atomic E-state index is 0.300. The van der Waals surface area contributed by atoms with Crippen molar-refractivity contribution < 1.29 is 9.53 Å². The van der Waals surface area contributed by atoms with Crippen molar-refractivity contribution in [2.45, 2.75) is 26.8 Å². The van der Waals surface area contributed by atoms with Gasteiger partial charge >= 0.3 is 11.7 Å². The molecule has 0 aliphatic rings. The highest BCUT2D eigenvalue weighted by molar-refractivity contribution is 5.89. The van der Waals surface area contributed by atoms with Crippen molar-refractivity contribution in [1.82, 2.24) is 23.1 Å². The van der Waals surface area contributed by atoms with Crippen molar-refractivity contribution >= 4 is 22.9 Å². The van der Waals surface area contributed by atoms with Crippen LogP contribution >= 0.6 is 0 Å². The van der Waals surface area contributed by atoms with Crippen LogP contribution in [-0.2, 0) is 11.8 Å². The number of nitrogens with zero attached hydrogens (tertiary/aromatic N) is 5. The van der Waals surface area contributed by atoms with Crippen molar-refractivity contribution in [1.29, 1.82) is 0 Å². The fourth-order valence-corrected chi connectivity index (χ4v) is 3.72. The maximum atomic E-state index is 13.2. The summed E-state index contributed by atoms with van der Waals surface area (Å²) in [5, 5.41) is 0. The number of rotatable bonds is 5. The molecule has 31 heavy (non-hydrogen) atoms. The zero-order chi connectivity index (χ0) is 22.4. The first kappa shape index (κ1) is 20.4. The van der Waals surface area contributed by atoms with E-state index in [9.17, 15) is 14.4 Å². The van der Waals surface area contributed by atoms with Gasteiger partial charge in [0.05, 0.1) is 18.2 Å². The van der Waals surface area contributed by atoms with Gasteiger partial charge in [0.1, 0.15) is 0 Å². The summed E-state index contributed by atoms with van der Waals surface area (Å²) >= 11 is 0. The van der Waals surface area contributed by atoms with Gasteiger partial charge in [0, 0.05) is 24.6 Å². The molecule has 1 atom stereocenters. The average Bonchev–Trinajstić information content (AvgIpc) is 3.27. The van der Waals surface area contributed by atoms with E-state index in [1.807, 2.05) is 11.5 Å². The number of ether oxygens (including phenoxy) is 1. The van der Waals surface area contributed by atoms with Gasteiger partial charge in [0.15, 0.2) is 11.2 Å². The molecule has 1 unspecified atom stereocenters. The van der Waals surface area contributed by atoms with Crippen LogP contribution in [0.15, 0.2) is 52.7 Å². The first-order valence-corrected chi connectivity index (χ1v) is 9.91. The number of imidazole rings is 2. The number of hydrogen-bond acceptors (Lipinski definition) is 5. The number of esters is 1. The number of allylic oxidation sites excluding steroid dienone is 1. The molecule has 3 aromatic heterocycles. The minimum Gasteiger partial charge on any atom is -0.462 e. The molecule has 0 aliphatic heterocycles. The van der Waals surface area contributed by atoms with E-state index in [0.717, 1.165) is 11.4 Å². The third kappa shape index (κ3) is 3.00. The smallest absolute Gasteiger partial charge is 0.338 e. The topological polar surface area (TPSA) is 92.5 Å². The predicted octanol–water partition coefficient (Wildman–Crippen LogP) is 2.37. The van der Waals surface area contributed by atoms with E-state index >= 15 is 0 Å². The van der Waals surface area contributed by atoms with Crippen LogP contribution in [0.5, 0.6) is 0 Å². The fourth-order valence-electron chi connectivity index (χ4n) is 3.72. The van der Waals surface area contributed by atoms with Crippen LogP contribution in [0.2, 0.25) is 0 Å². The van der Waals surface area contributed by atoms with E-state index in [1.54, 1.807) is 61.8 Å². The largest absolute Gasteiger partial charge is 0.462 e. The molecule has 0 fully saturated rings. The molecule has 1 aromatic carbocycles. The van der Waals surface area contributed by atoms with Crippen molar-refractivity contribution in [3.8, 4) is 5.69 Å². The van der Waals surface area contributed by atoms with Gasteiger partial charge < -0.3 is 4.74 Å². The Kier molecular flexibility index (Phi) is 4.88. The van der Waals surface area contributed by atoms with Gasteiger partial charge in [-0.15, -0.1) is 6.58 Å². The molecule has 160 valence electrons. The highest BCUT2D eigenvalue weighted by Crippen LogP contribution is 2.21. The van der Waals surface area contributed by atoms with Crippen LogP contribution in [-0.4, -0.2) is 35.7 Å². The summed E-state index contributed by atoms with van der Waals surface area (Å²) in [5.41, 5.74) is 1.79. The molecular weight excluding hydrogens is 398 g/mol. The fraction of sp³-hybridized carbons (Fsp3) is 0.273. The molecule has 4 aromatic rings. The molecule has 9 heteroatoms. The maximum Gasteiger partial charge on any atom is 0.338 e. The Balaban J connectivity index is 1.97. The van der Waals surface area contributed by atoms with Gasteiger partial charge in [-0.2, -0.15) is 4.98 Å². The predicted molar refractivity (Wildman–Crippen MR) is 117 cm³/mol. The van der Waals surface area contributed by atoms with Gasteiger partial charge in [-0.25, -0.2) is 9.59 Å². The first-order valence-electron chi connectivity index (χ1n) is 9.91. The number of aryl methyl sites for hydroxylation is 2. The molecule has 0 bridgehead atoms. The lowest BCUT2D eigenvalue weighted by atomic mass is 10.2. The van der Waals surface area contributed by atoms with Crippen molar-refractivity contribution in [3.63, 3.8) is 0 Å². The quantitative estimate of drug-likeness (QED) is 0.364. The first-order chi connectivity index (χ1) is 14.8. The third-order valence-corrected chi connectivity index (χ3v) is 5.36. The number of carbonyl (C=O) groups is 1. The molecule has 0 aliphatic carbocycles. The number of hydrogen-bond donors (Lipinski definition) is 0. The molecule has 3 heterocycles. The third-order valence-electron chi connectivity index (χ3n) is 5.36. The van der Waals surface area contributed by atoms with E-state index < -0.39 is 17.3 Å².